The minimum atomic E-state index is -0.555. The Kier molecular flexibility index (Phi) is 10.5. The van der Waals surface area contributed by atoms with E-state index in [1.807, 2.05) is 65.0 Å². The summed E-state index contributed by atoms with van der Waals surface area (Å²) in [6, 6.07) is 16.1. The minimum absolute atomic E-state index is 0.00488. The summed E-state index contributed by atoms with van der Waals surface area (Å²) in [5.41, 5.74) is 6.36. The van der Waals surface area contributed by atoms with Gasteiger partial charge in [-0.05, 0) is 100 Å². The monoisotopic (exact) mass is 559 g/mol. The third-order valence-corrected chi connectivity index (χ3v) is 6.79. The summed E-state index contributed by atoms with van der Waals surface area (Å²) >= 11 is 0. The standard InChI is InChI=1S/C33H35N5O2.C2H2/c1-6-7-23(12-13-33(4,5)19-34)31(39)37-27-11-8-22(3)28(17-27)25-14-21(2)15-26(16-25)29-18-30(36-20-35-29)38-32(40)24-9-10-24;1-2/h6-8,11-12,14-18,20,24H,9-10,13H2,1-5H3,(H,37,39)(H,35,36,38,40);1-2H/b7-6-,23-12+;. The average molecular weight is 560 g/mol. The van der Waals surface area contributed by atoms with Gasteiger partial charge in [-0.15, -0.1) is 12.8 Å². The zero-order valence-electron chi connectivity index (χ0n) is 24.9. The summed E-state index contributed by atoms with van der Waals surface area (Å²) in [4.78, 5) is 34.0. The van der Waals surface area contributed by atoms with Gasteiger partial charge in [0.2, 0.25) is 5.91 Å². The van der Waals surface area contributed by atoms with Crippen LogP contribution in [-0.4, -0.2) is 21.8 Å². The van der Waals surface area contributed by atoms with Gasteiger partial charge < -0.3 is 10.6 Å². The molecule has 3 aromatic rings. The van der Waals surface area contributed by atoms with E-state index >= 15 is 0 Å². The first-order valence-corrected chi connectivity index (χ1v) is 13.8. The van der Waals surface area contributed by atoms with Crippen LogP contribution in [0.1, 0.15) is 51.2 Å². The Balaban J connectivity index is 0.00000237. The van der Waals surface area contributed by atoms with E-state index in [9.17, 15) is 14.9 Å². The van der Waals surface area contributed by atoms with Crippen LogP contribution in [0.25, 0.3) is 22.4 Å². The third kappa shape index (κ3) is 8.49. The largest absolute Gasteiger partial charge is 0.322 e. The number of hydrogen-bond donors (Lipinski definition) is 2. The Labute approximate surface area is 248 Å². The highest BCUT2D eigenvalue weighted by Gasteiger charge is 2.29. The van der Waals surface area contributed by atoms with E-state index in [1.165, 1.54) is 6.33 Å². The summed E-state index contributed by atoms with van der Waals surface area (Å²) in [6.07, 6.45) is 17.2. The number of benzene rings is 2. The number of allylic oxidation sites excluding steroid dienone is 2. The molecule has 1 heterocycles. The van der Waals surface area contributed by atoms with Gasteiger partial charge in [0.15, 0.2) is 0 Å². The molecule has 2 amide bonds. The van der Waals surface area contributed by atoms with Crippen LogP contribution < -0.4 is 10.6 Å². The van der Waals surface area contributed by atoms with Crippen molar-refractivity contribution in [2.45, 2.75) is 53.9 Å². The van der Waals surface area contributed by atoms with E-state index in [4.69, 9.17) is 0 Å². The Bertz CT molecular complexity index is 1590. The first-order valence-electron chi connectivity index (χ1n) is 13.8. The number of hydrogen-bond acceptors (Lipinski definition) is 5. The SMILES string of the molecule is C#C.C/C=C\C(=C/CC(C)(C)C#N)C(=O)Nc1ccc(C)c(-c2cc(C)cc(-c3cc(NC(=O)C4CC4)ncn3)c2)c1. The van der Waals surface area contributed by atoms with Gasteiger partial charge in [-0.2, -0.15) is 5.26 Å². The van der Waals surface area contributed by atoms with Crippen molar-refractivity contribution in [1.29, 1.82) is 5.26 Å². The first-order chi connectivity index (χ1) is 20.1. The van der Waals surface area contributed by atoms with Crippen LogP contribution in [0.15, 0.2) is 72.6 Å². The van der Waals surface area contributed by atoms with Crippen molar-refractivity contribution in [3.63, 3.8) is 0 Å². The van der Waals surface area contributed by atoms with Crippen molar-refractivity contribution >= 4 is 23.3 Å². The van der Waals surface area contributed by atoms with Crippen LogP contribution >= 0.6 is 0 Å². The number of nitrogens with one attached hydrogen (secondary N) is 2. The first kappa shape index (κ1) is 31.5. The molecule has 1 aromatic heterocycles. The van der Waals surface area contributed by atoms with Crippen molar-refractivity contribution in [3.05, 3.63) is 83.7 Å². The molecule has 2 N–H and O–H groups in total. The fourth-order valence-electron chi connectivity index (χ4n) is 4.28. The van der Waals surface area contributed by atoms with Crippen LogP contribution in [0.3, 0.4) is 0 Å². The molecule has 1 fully saturated rings. The molecule has 1 aliphatic rings. The lowest BCUT2D eigenvalue weighted by molar-refractivity contribution is -0.117. The van der Waals surface area contributed by atoms with Gasteiger partial charge in [-0.1, -0.05) is 30.4 Å². The molecule has 214 valence electrons. The third-order valence-electron chi connectivity index (χ3n) is 6.79. The number of carbonyl (C=O) groups is 2. The molecule has 0 saturated heterocycles. The molecule has 4 rings (SSSR count). The van der Waals surface area contributed by atoms with Crippen molar-refractivity contribution in [2.24, 2.45) is 11.3 Å². The second-order valence-corrected chi connectivity index (χ2v) is 11.0. The number of anilines is 2. The molecule has 7 heteroatoms. The minimum Gasteiger partial charge on any atom is -0.322 e. The van der Waals surface area contributed by atoms with Crippen molar-refractivity contribution in [3.8, 4) is 41.3 Å². The van der Waals surface area contributed by atoms with Gasteiger partial charge >= 0.3 is 0 Å². The molecule has 0 unspecified atom stereocenters. The number of nitrogens with zero attached hydrogens (tertiary/aromatic N) is 3. The molecular weight excluding hydrogens is 522 g/mol. The second-order valence-electron chi connectivity index (χ2n) is 11.0. The van der Waals surface area contributed by atoms with Crippen molar-refractivity contribution < 1.29 is 9.59 Å². The van der Waals surface area contributed by atoms with Gasteiger partial charge in [0.1, 0.15) is 12.1 Å². The molecule has 0 aliphatic heterocycles. The highest BCUT2D eigenvalue weighted by molar-refractivity contribution is 6.06. The summed E-state index contributed by atoms with van der Waals surface area (Å²) in [7, 11) is 0. The number of aromatic nitrogens is 2. The number of rotatable bonds is 9. The lowest BCUT2D eigenvalue weighted by Crippen LogP contribution is -2.15. The number of aryl methyl sites for hydroxylation is 2. The van der Waals surface area contributed by atoms with E-state index in [1.54, 1.807) is 12.1 Å². The smallest absolute Gasteiger partial charge is 0.255 e. The highest BCUT2D eigenvalue weighted by Crippen LogP contribution is 2.33. The van der Waals surface area contributed by atoms with Gasteiger partial charge in [0.25, 0.3) is 5.91 Å². The molecule has 1 aliphatic carbocycles. The summed E-state index contributed by atoms with van der Waals surface area (Å²) < 4.78 is 0. The van der Waals surface area contributed by atoms with Crippen LogP contribution in [0.5, 0.6) is 0 Å². The fourth-order valence-corrected chi connectivity index (χ4v) is 4.28. The Morgan fingerprint density at radius 2 is 1.76 bits per heavy atom. The second kappa shape index (κ2) is 14.1. The molecule has 0 bridgehead atoms. The Morgan fingerprint density at radius 3 is 2.43 bits per heavy atom. The molecule has 0 spiro atoms. The maximum Gasteiger partial charge on any atom is 0.255 e. The molecule has 42 heavy (non-hydrogen) atoms. The summed E-state index contributed by atoms with van der Waals surface area (Å²) in [5.74, 6) is 0.362. The van der Waals surface area contributed by atoms with Gasteiger partial charge in [-0.3, -0.25) is 9.59 Å². The summed E-state index contributed by atoms with van der Waals surface area (Å²) in [6.45, 7) is 9.63. The normalized spacial score (nSPS) is 13.0. The lowest BCUT2D eigenvalue weighted by Gasteiger charge is -2.14. The zero-order chi connectivity index (χ0) is 30.9. The quantitative estimate of drug-likeness (QED) is 0.161. The molecule has 1 saturated carbocycles. The Hall–Kier alpha value is -5.01. The van der Waals surface area contributed by atoms with E-state index in [-0.39, 0.29) is 17.7 Å². The molecule has 0 atom stereocenters. The molecular formula is C35H37N5O2. The van der Waals surface area contributed by atoms with Crippen LogP contribution in [0.2, 0.25) is 0 Å². The highest BCUT2D eigenvalue weighted by atomic mass is 16.2. The average Bonchev–Trinajstić information content (AvgIpc) is 3.83. The maximum absolute atomic E-state index is 13.1. The fraction of sp³-hybridized carbons (Fsp3) is 0.286. The zero-order valence-corrected chi connectivity index (χ0v) is 24.9. The van der Waals surface area contributed by atoms with Gasteiger partial charge in [0.05, 0.1) is 17.2 Å². The number of nitriles is 1. The molecule has 7 nitrogen and oxygen atoms in total. The Morgan fingerprint density at radius 1 is 1.05 bits per heavy atom. The van der Waals surface area contributed by atoms with Crippen LogP contribution in [0, 0.1) is 49.4 Å². The van der Waals surface area contributed by atoms with E-state index in [0.717, 1.165) is 46.4 Å². The van der Waals surface area contributed by atoms with Crippen molar-refractivity contribution in [1.82, 2.24) is 9.97 Å². The van der Waals surface area contributed by atoms with Gasteiger partial charge in [0, 0.05) is 28.8 Å². The number of terminal acetylenes is 1. The van der Waals surface area contributed by atoms with Crippen molar-refractivity contribution in [2.75, 3.05) is 10.6 Å². The van der Waals surface area contributed by atoms with Gasteiger partial charge in [-0.25, -0.2) is 9.97 Å². The predicted molar refractivity (Wildman–Crippen MR) is 169 cm³/mol. The van der Waals surface area contributed by atoms with E-state index in [0.29, 0.717) is 23.5 Å². The van der Waals surface area contributed by atoms with E-state index < -0.39 is 5.41 Å². The maximum atomic E-state index is 13.1. The lowest BCUT2D eigenvalue weighted by atomic mass is 9.90. The predicted octanol–water partition coefficient (Wildman–Crippen LogP) is 7.41. The summed E-state index contributed by atoms with van der Waals surface area (Å²) in [5, 5.41) is 15.2. The molecule has 0 radical (unpaired) electrons. The van der Waals surface area contributed by atoms with E-state index in [2.05, 4.69) is 57.7 Å². The number of carbonyl (C=O) groups excluding carboxylic acids is 2. The van der Waals surface area contributed by atoms with Crippen LogP contribution in [0.4, 0.5) is 11.5 Å². The topological polar surface area (TPSA) is 108 Å². The molecule has 2 aromatic carbocycles. The number of amides is 2. The van der Waals surface area contributed by atoms with Crippen LogP contribution in [-0.2, 0) is 9.59 Å².